The van der Waals surface area contributed by atoms with Crippen LogP contribution in [-0.2, 0) is 43.0 Å². The highest BCUT2D eigenvalue weighted by atomic mass is 19.4. The SMILES string of the molecule is C[C@@H]1CCN([C@H](Cc2cccc3ccccc23)C(N)=O)C(=O)[C@H](c2cccc(C(F)(F)F)c2)N1C(=O)Cc1ccc(NC(=O)CCC(=O)O)cc1. The van der Waals surface area contributed by atoms with Gasteiger partial charge in [-0.05, 0) is 65.1 Å². The van der Waals surface area contributed by atoms with Gasteiger partial charge in [-0.15, -0.1) is 0 Å². The molecule has 1 heterocycles. The molecule has 4 aromatic rings. The molecule has 266 valence electrons. The van der Waals surface area contributed by atoms with Crippen molar-refractivity contribution >= 4 is 46.1 Å². The first-order valence-electron chi connectivity index (χ1n) is 16.4. The molecular weight excluding hydrogens is 665 g/mol. The van der Waals surface area contributed by atoms with Gasteiger partial charge < -0.3 is 26.0 Å². The lowest BCUT2D eigenvalue weighted by Crippen LogP contribution is -2.52. The minimum atomic E-state index is -4.72. The zero-order valence-electron chi connectivity index (χ0n) is 27.7. The maximum atomic E-state index is 14.6. The quantitative estimate of drug-likeness (QED) is 0.188. The van der Waals surface area contributed by atoms with Crippen molar-refractivity contribution in [3.63, 3.8) is 0 Å². The predicted octanol–water partition coefficient (Wildman–Crippen LogP) is 5.49. The Balaban J connectivity index is 1.48. The summed E-state index contributed by atoms with van der Waals surface area (Å²) in [5.74, 6) is -3.66. The molecule has 0 saturated carbocycles. The minimum Gasteiger partial charge on any atom is -0.481 e. The Kier molecular flexibility index (Phi) is 11.1. The summed E-state index contributed by atoms with van der Waals surface area (Å²) < 4.78 is 41.7. The lowest BCUT2D eigenvalue weighted by atomic mass is 9.96. The number of fused-ring (bicyclic) bond motifs is 1. The smallest absolute Gasteiger partial charge is 0.416 e. The minimum absolute atomic E-state index is 0.0217. The van der Waals surface area contributed by atoms with Gasteiger partial charge in [0.15, 0.2) is 0 Å². The van der Waals surface area contributed by atoms with E-state index >= 15 is 0 Å². The second kappa shape index (κ2) is 15.4. The van der Waals surface area contributed by atoms with Crippen LogP contribution in [0.25, 0.3) is 10.8 Å². The van der Waals surface area contributed by atoms with Gasteiger partial charge in [-0.1, -0.05) is 66.7 Å². The van der Waals surface area contributed by atoms with Crippen LogP contribution in [0.2, 0.25) is 0 Å². The summed E-state index contributed by atoms with van der Waals surface area (Å²) >= 11 is 0. The number of carbonyl (C=O) groups excluding carboxylic acids is 4. The van der Waals surface area contributed by atoms with Gasteiger partial charge in [-0.25, -0.2) is 0 Å². The normalized spacial score (nSPS) is 17.1. The van der Waals surface area contributed by atoms with Crippen LogP contribution in [-0.4, -0.2) is 63.1 Å². The van der Waals surface area contributed by atoms with Gasteiger partial charge in [0.1, 0.15) is 12.1 Å². The molecule has 3 atom stereocenters. The van der Waals surface area contributed by atoms with Crippen LogP contribution in [0.15, 0.2) is 91.0 Å². The van der Waals surface area contributed by atoms with E-state index in [1.807, 2.05) is 42.5 Å². The average Bonchev–Trinajstić information content (AvgIpc) is 3.22. The van der Waals surface area contributed by atoms with Crippen LogP contribution in [0.5, 0.6) is 0 Å². The Morgan fingerprint density at radius 1 is 0.941 bits per heavy atom. The van der Waals surface area contributed by atoms with E-state index in [0.29, 0.717) is 11.3 Å². The average molecular weight is 703 g/mol. The van der Waals surface area contributed by atoms with Crippen molar-refractivity contribution in [3.8, 4) is 0 Å². The fourth-order valence-corrected chi connectivity index (χ4v) is 6.45. The van der Waals surface area contributed by atoms with Gasteiger partial charge in [-0.3, -0.25) is 24.0 Å². The number of aliphatic carboxylic acids is 1. The summed E-state index contributed by atoms with van der Waals surface area (Å²) in [5.41, 5.74) is 6.50. The van der Waals surface area contributed by atoms with E-state index in [0.717, 1.165) is 28.5 Å². The number of anilines is 1. The van der Waals surface area contributed by atoms with Crippen LogP contribution < -0.4 is 11.1 Å². The monoisotopic (exact) mass is 702 g/mol. The molecular formula is C38H37F3N4O6. The Hall–Kier alpha value is -5.72. The van der Waals surface area contributed by atoms with E-state index in [9.17, 15) is 37.1 Å². The van der Waals surface area contributed by atoms with Crippen LogP contribution in [0, 0.1) is 0 Å². The van der Waals surface area contributed by atoms with Gasteiger partial charge in [0.05, 0.1) is 18.4 Å². The molecule has 0 spiro atoms. The van der Waals surface area contributed by atoms with E-state index in [2.05, 4.69) is 5.32 Å². The molecule has 0 unspecified atom stereocenters. The maximum Gasteiger partial charge on any atom is 0.416 e. The van der Waals surface area contributed by atoms with Crippen LogP contribution in [0.3, 0.4) is 0 Å². The lowest BCUT2D eigenvalue weighted by Gasteiger charge is -2.36. The summed E-state index contributed by atoms with van der Waals surface area (Å²) in [6.45, 7) is 1.73. The summed E-state index contributed by atoms with van der Waals surface area (Å²) in [5, 5.41) is 13.2. The van der Waals surface area contributed by atoms with Crippen molar-refractivity contribution in [3.05, 3.63) is 113 Å². The molecule has 1 aliphatic rings. The molecule has 4 N–H and O–H groups in total. The van der Waals surface area contributed by atoms with Gasteiger partial charge in [-0.2, -0.15) is 13.2 Å². The van der Waals surface area contributed by atoms with Crippen LogP contribution in [0.4, 0.5) is 18.9 Å². The first-order chi connectivity index (χ1) is 24.2. The number of nitrogens with two attached hydrogens (primary N) is 1. The van der Waals surface area contributed by atoms with Crippen molar-refractivity contribution in [2.24, 2.45) is 5.73 Å². The fraction of sp³-hybridized carbons (Fsp3) is 0.289. The number of carboxylic acid groups (broad SMARTS) is 1. The number of alkyl halides is 3. The van der Waals surface area contributed by atoms with Crippen molar-refractivity contribution in [2.75, 3.05) is 11.9 Å². The standard InChI is InChI=1S/C38H37F3N4O6/c1-23-18-19-44(31(36(42)50)22-26-8-4-7-25-6-2-3-11-30(25)26)37(51)35(27-9-5-10-28(21-27)38(39,40)41)45(23)33(47)20-24-12-14-29(15-13-24)43-32(46)16-17-34(48)49/h2-15,21,23,31,35H,16-20,22H2,1H3,(H2,42,50)(H,43,46)(H,48,49)/t23-,31-,35+/m1/s1. The Morgan fingerprint density at radius 3 is 2.31 bits per heavy atom. The molecule has 0 radical (unpaired) electrons. The molecule has 4 aromatic carbocycles. The number of carboxylic acids is 1. The second-order valence-corrected chi connectivity index (χ2v) is 12.6. The van der Waals surface area contributed by atoms with E-state index in [1.54, 1.807) is 19.1 Å². The highest BCUT2D eigenvalue weighted by Crippen LogP contribution is 2.36. The summed E-state index contributed by atoms with van der Waals surface area (Å²) in [7, 11) is 0. The van der Waals surface area contributed by atoms with E-state index < -0.39 is 59.5 Å². The molecule has 1 fully saturated rings. The molecule has 1 saturated heterocycles. The number of primary amides is 1. The molecule has 0 aliphatic carbocycles. The van der Waals surface area contributed by atoms with Crippen molar-refractivity contribution in [1.29, 1.82) is 0 Å². The third kappa shape index (κ3) is 8.72. The third-order valence-electron chi connectivity index (χ3n) is 9.03. The molecule has 1 aliphatic heterocycles. The summed E-state index contributed by atoms with van der Waals surface area (Å²) in [6.07, 6.45) is -5.23. The Morgan fingerprint density at radius 2 is 1.63 bits per heavy atom. The number of carbonyl (C=O) groups is 5. The molecule has 4 amide bonds. The largest absolute Gasteiger partial charge is 0.481 e. The predicted molar refractivity (Wildman–Crippen MR) is 183 cm³/mol. The van der Waals surface area contributed by atoms with Crippen molar-refractivity contribution < 1.29 is 42.3 Å². The number of rotatable bonds is 11. The Bertz CT molecular complexity index is 1940. The van der Waals surface area contributed by atoms with Crippen molar-refractivity contribution in [2.45, 2.75) is 63.3 Å². The topological polar surface area (TPSA) is 150 Å². The van der Waals surface area contributed by atoms with Crippen LogP contribution in [0.1, 0.15) is 54.5 Å². The van der Waals surface area contributed by atoms with Crippen molar-refractivity contribution in [1.82, 2.24) is 9.80 Å². The van der Waals surface area contributed by atoms with Gasteiger partial charge in [0.25, 0.3) is 5.91 Å². The zero-order chi connectivity index (χ0) is 36.9. The number of hydrogen-bond donors (Lipinski definition) is 3. The molecule has 51 heavy (non-hydrogen) atoms. The fourth-order valence-electron chi connectivity index (χ4n) is 6.45. The maximum absolute atomic E-state index is 14.6. The third-order valence-corrected chi connectivity index (χ3v) is 9.03. The molecule has 0 aromatic heterocycles. The van der Waals surface area contributed by atoms with Gasteiger partial charge in [0.2, 0.25) is 17.7 Å². The van der Waals surface area contributed by atoms with Gasteiger partial charge in [0, 0.05) is 31.1 Å². The first kappa shape index (κ1) is 36.6. The molecule has 5 rings (SSSR count). The molecule has 13 heteroatoms. The molecule has 10 nitrogen and oxygen atoms in total. The van der Waals surface area contributed by atoms with Crippen LogP contribution >= 0.6 is 0 Å². The summed E-state index contributed by atoms with van der Waals surface area (Å²) in [4.78, 5) is 67.2. The Labute approximate surface area is 292 Å². The number of benzene rings is 4. The lowest BCUT2D eigenvalue weighted by molar-refractivity contribution is -0.148. The highest BCUT2D eigenvalue weighted by molar-refractivity contribution is 5.95. The first-order valence-corrected chi connectivity index (χ1v) is 16.4. The number of nitrogens with zero attached hydrogens (tertiary/aromatic N) is 2. The summed E-state index contributed by atoms with van der Waals surface area (Å²) in [6, 6.07) is 20.3. The van der Waals surface area contributed by atoms with E-state index in [4.69, 9.17) is 10.8 Å². The number of amides is 4. The number of nitrogens with one attached hydrogen (secondary N) is 1. The molecule has 0 bridgehead atoms. The number of halogens is 3. The second-order valence-electron chi connectivity index (χ2n) is 12.6. The zero-order valence-corrected chi connectivity index (χ0v) is 27.7. The number of hydrogen-bond acceptors (Lipinski definition) is 5. The highest BCUT2D eigenvalue weighted by Gasteiger charge is 2.44. The van der Waals surface area contributed by atoms with E-state index in [-0.39, 0.29) is 44.2 Å². The van der Waals surface area contributed by atoms with Gasteiger partial charge >= 0.3 is 12.1 Å². The van der Waals surface area contributed by atoms with E-state index in [1.165, 1.54) is 34.1 Å².